The second-order valence-electron chi connectivity index (χ2n) is 4.09. The molecule has 0 fully saturated rings. The fraction of sp³-hybridized carbons (Fsp3) is 0.385. The van der Waals surface area contributed by atoms with Crippen molar-refractivity contribution >= 4 is 11.6 Å². The molecule has 0 bridgehead atoms. The molecule has 0 saturated carbocycles. The van der Waals surface area contributed by atoms with Crippen molar-refractivity contribution in [1.82, 2.24) is 0 Å². The number of anilines is 1. The van der Waals surface area contributed by atoms with Crippen molar-refractivity contribution < 1.29 is 4.79 Å². The lowest BCUT2D eigenvalue weighted by Gasteiger charge is -2.09. The van der Waals surface area contributed by atoms with Gasteiger partial charge in [0.15, 0.2) is 0 Å². The molecule has 0 aliphatic heterocycles. The van der Waals surface area contributed by atoms with Crippen LogP contribution >= 0.6 is 0 Å². The molecule has 0 radical (unpaired) electrons. The Labute approximate surface area is 101 Å². The highest BCUT2D eigenvalue weighted by atomic mass is 16.1. The van der Waals surface area contributed by atoms with Crippen LogP contribution in [0, 0.1) is 17.2 Å². The number of nitrogens with zero attached hydrogens (tertiary/aromatic N) is 1. The first-order valence-electron chi connectivity index (χ1n) is 5.66. The Morgan fingerprint density at radius 1 is 1.53 bits per heavy atom. The van der Waals surface area contributed by atoms with Crippen molar-refractivity contribution in [2.75, 3.05) is 11.9 Å². The number of carbonyl (C=O) groups excluding carboxylic acids is 1. The van der Waals surface area contributed by atoms with Gasteiger partial charge >= 0.3 is 0 Å². The maximum atomic E-state index is 11.6. The van der Waals surface area contributed by atoms with E-state index in [0.29, 0.717) is 30.1 Å². The van der Waals surface area contributed by atoms with Crippen molar-refractivity contribution in [3.8, 4) is 6.07 Å². The lowest BCUT2D eigenvalue weighted by atomic mass is 10.1. The Kier molecular flexibility index (Phi) is 5.18. The van der Waals surface area contributed by atoms with Crippen LogP contribution in [0.15, 0.2) is 24.3 Å². The van der Waals surface area contributed by atoms with Crippen molar-refractivity contribution in [3.63, 3.8) is 0 Å². The molecule has 1 unspecified atom stereocenters. The third-order valence-electron chi connectivity index (χ3n) is 2.59. The van der Waals surface area contributed by atoms with Crippen LogP contribution in [0.25, 0.3) is 0 Å². The molecule has 1 amide bonds. The first-order valence-corrected chi connectivity index (χ1v) is 5.66. The van der Waals surface area contributed by atoms with E-state index in [1.165, 1.54) is 0 Å². The number of carbonyl (C=O) groups is 1. The van der Waals surface area contributed by atoms with E-state index in [1.807, 2.05) is 13.0 Å². The molecule has 1 aromatic rings. The summed E-state index contributed by atoms with van der Waals surface area (Å²) in [6, 6.07) is 9.01. The molecule has 0 aliphatic rings. The second-order valence-corrected chi connectivity index (χ2v) is 4.09. The number of nitrogens with two attached hydrogens (primary N) is 1. The number of benzene rings is 1. The summed E-state index contributed by atoms with van der Waals surface area (Å²) in [5, 5.41) is 11.6. The van der Waals surface area contributed by atoms with E-state index in [9.17, 15) is 4.79 Å². The molecule has 4 heteroatoms. The molecule has 1 aromatic carbocycles. The van der Waals surface area contributed by atoms with Gasteiger partial charge in [-0.15, -0.1) is 0 Å². The van der Waals surface area contributed by atoms with Crippen molar-refractivity contribution in [2.45, 2.75) is 19.8 Å². The van der Waals surface area contributed by atoms with Gasteiger partial charge in [0.05, 0.1) is 11.3 Å². The van der Waals surface area contributed by atoms with Gasteiger partial charge < -0.3 is 11.1 Å². The van der Waals surface area contributed by atoms with Crippen LogP contribution in [-0.2, 0) is 4.79 Å². The molecule has 1 atom stereocenters. The van der Waals surface area contributed by atoms with Gasteiger partial charge in [0, 0.05) is 6.42 Å². The standard InChI is InChI=1S/C13H17N3O/c1-10(8-14)6-7-13(17)16-12-5-3-2-4-11(12)9-15/h2-5,10H,6-8,14H2,1H3,(H,16,17). The molecule has 4 nitrogen and oxygen atoms in total. The first kappa shape index (κ1) is 13.2. The third-order valence-corrected chi connectivity index (χ3v) is 2.59. The van der Waals surface area contributed by atoms with Gasteiger partial charge in [-0.3, -0.25) is 4.79 Å². The van der Waals surface area contributed by atoms with Crippen LogP contribution in [0.2, 0.25) is 0 Å². The highest BCUT2D eigenvalue weighted by molar-refractivity contribution is 5.92. The predicted molar refractivity (Wildman–Crippen MR) is 67.2 cm³/mol. The quantitative estimate of drug-likeness (QED) is 0.812. The summed E-state index contributed by atoms with van der Waals surface area (Å²) in [6.45, 7) is 2.60. The maximum Gasteiger partial charge on any atom is 0.224 e. The minimum atomic E-state index is -0.0759. The Balaban J connectivity index is 2.54. The van der Waals surface area contributed by atoms with E-state index >= 15 is 0 Å². The fourth-order valence-electron chi connectivity index (χ4n) is 1.40. The normalized spacial score (nSPS) is 11.6. The summed E-state index contributed by atoms with van der Waals surface area (Å²) >= 11 is 0. The van der Waals surface area contributed by atoms with Gasteiger partial charge in [-0.05, 0) is 31.0 Å². The number of para-hydroxylation sites is 1. The van der Waals surface area contributed by atoms with Gasteiger partial charge in [0.2, 0.25) is 5.91 Å². The molecule has 0 spiro atoms. The van der Waals surface area contributed by atoms with Gasteiger partial charge in [-0.1, -0.05) is 19.1 Å². The Bertz CT molecular complexity index is 423. The Hall–Kier alpha value is -1.86. The fourth-order valence-corrected chi connectivity index (χ4v) is 1.40. The van der Waals surface area contributed by atoms with Crippen LogP contribution in [0.5, 0.6) is 0 Å². The van der Waals surface area contributed by atoms with E-state index < -0.39 is 0 Å². The first-order chi connectivity index (χ1) is 8.17. The minimum Gasteiger partial charge on any atom is -0.330 e. The summed E-state index contributed by atoms with van der Waals surface area (Å²) in [6.07, 6.45) is 1.19. The van der Waals surface area contributed by atoms with E-state index in [1.54, 1.807) is 24.3 Å². The molecule has 0 aromatic heterocycles. The average Bonchev–Trinajstić information content (AvgIpc) is 2.36. The summed E-state index contributed by atoms with van der Waals surface area (Å²) in [7, 11) is 0. The van der Waals surface area contributed by atoms with E-state index in [0.717, 1.165) is 6.42 Å². The zero-order valence-electron chi connectivity index (χ0n) is 9.94. The second kappa shape index (κ2) is 6.66. The van der Waals surface area contributed by atoms with Crippen LogP contribution < -0.4 is 11.1 Å². The van der Waals surface area contributed by atoms with Gasteiger partial charge in [0.1, 0.15) is 6.07 Å². The largest absolute Gasteiger partial charge is 0.330 e. The minimum absolute atomic E-state index is 0.0759. The Morgan fingerprint density at radius 3 is 2.88 bits per heavy atom. The zero-order chi connectivity index (χ0) is 12.7. The number of hydrogen-bond acceptors (Lipinski definition) is 3. The smallest absolute Gasteiger partial charge is 0.224 e. The highest BCUT2D eigenvalue weighted by Crippen LogP contribution is 2.14. The SMILES string of the molecule is CC(CN)CCC(=O)Nc1ccccc1C#N. The van der Waals surface area contributed by atoms with Crippen LogP contribution in [-0.4, -0.2) is 12.5 Å². The van der Waals surface area contributed by atoms with Crippen LogP contribution in [0.1, 0.15) is 25.3 Å². The molecule has 3 N–H and O–H groups in total. The monoisotopic (exact) mass is 231 g/mol. The number of amides is 1. The van der Waals surface area contributed by atoms with E-state index in [-0.39, 0.29) is 5.91 Å². The average molecular weight is 231 g/mol. The molecule has 17 heavy (non-hydrogen) atoms. The van der Waals surface area contributed by atoms with Gasteiger partial charge in [-0.25, -0.2) is 0 Å². The third kappa shape index (κ3) is 4.25. The summed E-state index contributed by atoms with van der Waals surface area (Å²) < 4.78 is 0. The van der Waals surface area contributed by atoms with Crippen molar-refractivity contribution in [1.29, 1.82) is 5.26 Å². The number of nitrogens with one attached hydrogen (secondary N) is 1. The Morgan fingerprint density at radius 2 is 2.24 bits per heavy atom. The molecule has 0 saturated heterocycles. The molecule has 90 valence electrons. The molecule has 0 heterocycles. The molecular weight excluding hydrogens is 214 g/mol. The summed E-state index contributed by atoms with van der Waals surface area (Å²) in [4.78, 5) is 11.6. The van der Waals surface area contributed by atoms with Gasteiger partial charge in [-0.2, -0.15) is 5.26 Å². The van der Waals surface area contributed by atoms with E-state index in [2.05, 4.69) is 5.32 Å². The number of nitriles is 1. The van der Waals surface area contributed by atoms with E-state index in [4.69, 9.17) is 11.0 Å². The van der Waals surface area contributed by atoms with Crippen molar-refractivity contribution in [3.05, 3.63) is 29.8 Å². The predicted octanol–water partition coefficient (Wildman–Crippen LogP) is 1.87. The zero-order valence-corrected chi connectivity index (χ0v) is 9.94. The lowest BCUT2D eigenvalue weighted by Crippen LogP contribution is -2.16. The van der Waals surface area contributed by atoms with Gasteiger partial charge in [0.25, 0.3) is 0 Å². The number of hydrogen-bond donors (Lipinski definition) is 2. The molecular formula is C13H17N3O. The van der Waals surface area contributed by atoms with Crippen LogP contribution in [0.3, 0.4) is 0 Å². The topological polar surface area (TPSA) is 78.9 Å². The summed E-state index contributed by atoms with van der Waals surface area (Å²) in [5.74, 6) is 0.264. The maximum absolute atomic E-state index is 11.6. The molecule has 1 rings (SSSR count). The van der Waals surface area contributed by atoms with Crippen LogP contribution in [0.4, 0.5) is 5.69 Å². The molecule has 0 aliphatic carbocycles. The lowest BCUT2D eigenvalue weighted by molar-refractivity contribution is -0.116. The highest BCUT2D eigenvalue weighted by Gasteiger charge is 2.07. The van der Waals surface area contributed by atoms with Crippen molar-refractivity contribution in [2.24, 2.45) is 11.7 Å². The summed E-state index contributed by atoms with van der Waals surface area (Å²) in [5.41, 5.74) is 6.53. The number of rotatable bonds is 5.